The number of urea groups is 1. The first-order valence-electron chi connectivity index (χ1n) is 12.1. The Morgan fingerprint density at radius 1 is 1.11 bits per heavy atom. The molecule has 1 aliphatic rings. The van der Waals surface area contributed by atoms with E-state index in [1.165, 1.54) is 18.4 Å². The van der Waals surface area contributed by atoms with Gasteiger partial charge in [0.1, 0.15) is 0 Å². The van der Waals surface area contributed by atoms with Crippen molar-refractivity contribution < 1.29 is 19.2 Å². The molecular formula is C27H26N6O4S. The van der Waals surface area contributed by atoms with Gasteiger partial charge >= 0.3 is 12.0 Å². The van der Waals surface area contributed by atoms with Gasteiger partial charge in [0.2, 0.25) is 6.10 Å². The molecule has 3 aromatic heterocycles. The molecule has 3 N–H and O–H groups in total. The van der Waals surface area contributed by atoms with Gasteiger partial charge in [-0.25, -0.2) is 14.6 Å². The molecule has 0 fully saturated rings. The Morgan fingerprint density at radius 3 is 2.66 bits per heavy atom. The van der Waals surface area contributed by atoms with Gasteiger partial charge in [-0.3, -0.25) is 25.6 Å². The number of aromatic nitrogens is 3. The number of hydrogen-bond donors (Lipinski definition) is 3. The number of carbonyl (C=O) groups is 2. The first-order chi connectivity index (χ1) is 18.5. The number of nitrogens with one attached hydrogen (secondary N) is 3. The fraction of sp³-hybridized carbons (Fsp3) is 0.222. The van der Waals surface area contributed by atoms with E-state index < -0.39 is 12.1 Å². The molecule has 0 saturated heterocycles. The van der Waals surface area contributed by atoms with Crippen LogP contribution in [0.2, 0.25) is 0 Å². The average molecular weight is 531 g/mol. The van der Waals surface area contributed by atoms with Gasteiger partial charge in [-0.1, -0.05) is 30.4 Å². The van der Waals surface area contributed by atoms with Crippen molar-refractivity contribution in [1.29, 1.82) is 0 Å². The molecule has 4 heterocycles. The second-order valence-corrected chi connectivity index (χ2v) is 9.40. The third-order valence-electron chi connectivity index (χ3n) is 6.05. The second kappa shape index (κ2) is 11.0. The van der Waals surface area contributed by atoms with E-state index in [1.807, 2.05) is 50.2 Å². The Bertz CT molecular complexity index is 1520. The van der Waals surface area contributed by atoms with Crippen molar-refractivity contribution in [1.82, 2.24) is 25.7 Å². The molecule has 0 aliphatic carbocycles. The van der Waals surface area contributed by atoms with Crippen LogP contribution in [0.25, 0.3) is 38.3 Å². The van der Waals surface area contributed by atoms with Gasteiger partial charge in [0.05, 0.1) is 34.4 Å². The molecule has 1 unspecified atom stereocenters. The van der Waals surface area contributed by atoms with E-state index in [9.17, 15) is 9.59 Å². The van der Waals surface area contributed by atoms with Crippen LogP contribution in [0.15, 0.2) is 60.4 Å². The highest BCUT2D eigenvalue weighted by Gasteiger charge is 2.33. The number of anilines is 1. The largest absolute Gasteiger partial charge is 0.467 e. The van der Waals surface area contributed by atoms with Gasteiger partial charge in [-0.05, 0) is 54.8 Å². The summed E-state index contributed by atoms with van der Waals surface area (Å²) in [5, 5.41) is 6.02. The monoisotopic (exact) mass is 530 g/mol. The third-order valence-corrected chi connectivity index (χ3v) is 7.07. The van der Waals surface area contributed by atoms with Crippen LogP contribution in [-0.2, 0) is 14.4 Å². The lowest BCUT2D eigenvalue weighted by Gasteiger charge is -2.09. The first-order valence-corrected chi connectivity index (χ1v) is 12.9. The Kier molecular flexibility index (Phi) is 7.29. The standard InChI is InChI=1S/C27H26N6O4S/c1-4-17-22(33-37-23(17)25(34)36-3)20-10-9-15(14-30-20)16-12-18(19-8-6-7-11-29-19)24-21(13-16)31-27(38-24)32-26(35)28-5-2/h6-14,23,33H,4-5H2,1-3H3,(H2,28,31,32,35). The highest BCUT2D eigenvalue weighted by molar-refractivity contribution is 7.22. The first kappa shape index (κ1) is 25.3. The van der Waals surface area contributed by atoms with Crippen LogP contribution in [0.3, 0.4) is 0 Å². The normalized spacial score (nSPS) is 14.9. The van der Waals surface area contributed by atoms with E-state index in [1.54, 1.807) is 12.4 Å². The Labute approximate surface area is 223 Å². The highest BCUT2D eigenvalue weighted by atomic mass is 32.1. The number of carbonyl (C=O) groups excluding carboxylic acids is 2. The van der Waals surface area contributed by atoms with Crippen LogP contribution >= 0.6 is 11.3 Å². The minimum absolute atomic E-state index is 0.300. The number of hydrogen-bond acceptors (Lipinski definition) is 9. The van der Waals surface area contributed by atoms with E-state index in [4.69, 9.17) is 9.57 Å². The van der Waals surface area contributed by atoms with Crippen LogP contribution in [0.5, 0.6) is 0 Å². The van der Waals surface area contributed by atoms with Crippen molar-refractivity contribution in [3.63, 3.8) is 0 Å². The molecule has 1 aromatic carbocycles. The quantitative estimate of drug-likeness (QED) is 0.292. The predicted octanol–water partition coefficient (Wildman–Crippen LogP) is 4.76. The number of nitrogens with zero attached hydrogens (tertiary/aromatic N) is 3. The van der Waals surface area contributed by atoms with E-state index >= 15 is 0 Å². The van der Waals surface area contributed by atoms with Crippen molar-refractivity contribution in [2.24, 2.45) is 0 Å². The zero-order valence-electron chi connectivity index (χ0n) is 21.1. The number of pyridine rings is 2. The minimum atomic E-state index is -0.795. The summed E-state index contributed by atoms with van der Waals surface area (Å²) in [5.74, 6) is -0.458. The van der Waals surface area contributed by atoms with Gasteiger partial charge in [-0.2, -0.15) is 0 Å². The summed E-state index contributed by atoms with van der Waals surface area (Å²) in [7, 11) is 1.33. The number of rotatable bonds is 7. The Morgan fingerprint density at radius 2 is 1.97 bits per heavy atom. The summed E-state index contributed by atoms with van der Waals surface area (Å²) in [6, 6.07) is 13.3. The predicted molar refractivity (Wildman–Crippen MR) is 146 cm³/mol. The molecule has 0 radical (unpaired) electrons. The number of methoxy groups -OCH3 is 1. The summed E-state index contributed by atoms with van der Waals surface area (Å²) >= 11 is 1.40. The maximum absolute atomic E-state index is 12.1. The number of fused-ring (bicyclic) bond motifs is 1. The summed E-state index contributed by atoms with van der Waals surface area (Å²) in [6.45, 7) is 4.33. The molecule has 194 valence electrons. The number of ether oxygens (including phenoxy) is 1. The summed E-state index contributed by atoms with van der Waals surface area (Å²) in [4.78, 5) is 43.5. The minimum Gasteiger partial charge on any atom is -0.467 e. The molecule has 11 heteroatoms. The molecule has 38 heavy (non-hydrogen) atoms. The maximum Gasteiger partial charge on any atom is 0.342 e. The van der Waals surface area contributed by atoms with Crippen molar-refractivity contribution in [3.8, 4) is 22.4 Å². The second-order valence-electron chi connectivity index (χ2n) is 8.40. The number of amides is 2. The highest BCUT2D eigenvalue weighted by Crippen LogP contribution is 2.38. The van der Waals surface area contributed by atoms with Crippen LogP contribution in [0.1, 0.15) is 26.0 Å². The van der Waals surface area contributed by atoms with Gasteiger partial charge in [0, 0.05) is 30.1 Å². The summed E-state index contributed by atoms with van der Waals surface area (Å²) < 4.78 is 5.77. The van der Waals surface area contributed by atoms with Crippen molar-refractivity contribution in [2.45, 2.75) is 26.4 Å². The fourth-order valence-electron chi connectivity index (χ4n) is 4.24. The van der Waals surface area contributed by atoms with Crippen LogP contribution in [-0.4, -0.2) is 46.7 Å². The third kappa shape index (κ3) is 4.93. The van der Waals surface area contributed by atoms with Crippen molar-refractivity contribution in [2.75, 3.05) is 19.0 Å². The van der Waals surface area contributed by atoms with Crippen LogP contribution in [0.4, 0.5) is 9.93 Å². The van der Waals surface area contributed by atoms with E-state index in [2.05, 4.69) is 37.1 Å². The van der Waals surface area contributed by atoms with Gasteiger partial charge in [0.15, 0.2) is 5.13 Å². The molecule has 10 nitrogen and oxygen atoms in total. The molecule has 5 rings (SSSR count). The van der Waals surface area contributed by atoms with E-state index in [0.717, 1.165) is 38.2 Å². The lowest BCUT2D eigenvalue weighted by atomic mass is 10.0. The lowest BCUT2D eigenvalue weighted by Crippen LogP contribution is -2.28. The number of esters is 1. The number of benzene rings is 1. The summed E-state index contributed by atoms with van der Waals surface area (Å²) in [5.41, 5.74) is 9.18. The zero-order chi connectivity index (χ0) is 26.6. The van der Waals surface area contributed by atoms with Crippen LogP contribution < -0.4 is 16.1 Å². The summed E-state index contributed by atoms with van der Waals surface area (Å²) in [6.07, 6.45) is 3.33. The fourth-order valence-corrected chi connectivity index (χ4v) is 5.21. The molecule has 4 aromatic rings. The van der Waals surface area contributed by atoms with Gasteiger partial charge in [0.25, 0.3) is 0 Å². The smallest absolute Gasteiger partial charge is 0.342 e. The molecule has 1 aliphatic heterocycles. The van der Waals surface area contributed by atoms with Crippen molar-refractivity contribution in [3.05, 3.63) is 66.1 Å². The molecule has 0 saturated carbocycles. The number of thiazole rings is 1. The van der Waals surface area contributed by atoms with Crippen LogP contribution in [0, 0.1) is 0 Å². The molecular weight excluding hydrogens is 504 g/mol. The molecule has 2 amide bonds. The Balaban J connectivity index is 1.54. The SMILES string of the molecule is CCNC(=O)Nc1nc2cc(-c3ccc(C4=C(CC)C(C(=O)OC)ON4)nc3)cc(-c3ccccn3)c2s1. The Hall–Kier alpha value is -4.35. The van der Waals surface area contributed by atoms with E-state index in [-0.39, 0.29) is 6.03 Å². The van der Waals surface area contributed by atoms with Crippen molar-refractivity contribution >= 4 is 44.4 Å². The lowest BCUT2D eigenvalue weighted by molar-refractivity contribution is -0.152. The maximum atomic E-state index is 12.1. The number of hydroxylamine groups is 1. The molecule has 1 atom stereocenters. The van der Waals surface area contributed by atoms with Gasteiger partial charge < -0.3 is 10.1 Å². The molecule has 0 bridgehead atoms. The zero-order valence-corrected chi connectivity index (χ0v) is 21.9. The molecule has 0 spiro atoms. The topological polar surface area (TPSA) is 127 Å². The average Bonchev–Trinajstić information content (AvgIpc) is 3.56. The van der Waals surface area contributed by atoms with E-state index in [0.29, 0.717) is 29.5 Å². The van der Waals surface area contributed by atoms with Gasteiger partial charge in [-0.15, -0.1) is 0 Å².